The van der Waals surface area contributed by atoms with Crippen molar-refractivity contribution in [3.05, 3.63) is 35.4 Å². The van der Waals surface area contributed by atoms with Crippen molar-refractivity contribution >= 4 is 5.97 Å². The number of benzene rings is 1. The van der Waals surface area contributed by atoms with Crippen molar-refractivity contribution in [2.24, 2.45) is 5.92 Å². The van der Waals surface area contributed by atoms with Crippen LogP contribution in [0.1, 0.15) is 28.8 Å². The molecule has 0 radical (unpaired) electrons. The van der Waals surface area contributed by atoms with Crippen LogP contribution in [0.25, 0.3) is 0 Å². The van der Waals surface area contributed by atoms with Crippen LogP contribution in [-0.4, -0.2) is 11.1 Å². The molecule has 4 heteroatoms. The summed E-state index contributed by atoms with van der Waals surface area (Å²) in [4.78, 5) is 10.5. The summed E-state index contributed by atoms with van der Waals surface area (Å²) in [7, 11) is 0. The molecule has 1 fully saturated rings. The molecule has 0 atom stereocenters. The predicted octanol–water partition coefficient (Wildman–Crippen LogP) is 2.89. The third-order valence-corrected chi connectivity index (χ3v) is 2.61. The molecule has 2 nitrogen and oxygen atoms in total. The Kier molecular flexibility index (Phi) is 2.21. The van der Waals surface area contributed by atoms with Gasteiger partial charge in [0, 0.05) is 11.5 Å². The van der Waals surface area contributed by atoms with Crippen LogP contribution in [-0.2, 0) is 5.92 Å². The zero-order valence-corrected chi connectivity index (χ0v) is 7.91. The van der Waals surface area contributed by atoms with Crippen molar-refractivity contribution in [3.8, 4) is 0 Å². The second kappa shape index (κ2) is 3.29. The van der Waals surface area contributed by atoms with Gasteiger partial charge in [-0.2, -0.15) is 0 Å². The van der Waals surface area contributed by atoms with Crippen LogP contribution in [0, 0.1) is 5.92 Å². The topological polar surface area (TPSA) is 37.3 Å². The smallest absolute Gasteiger partial charge is 0.335 e. The minimum absolute atomic E-state index is 0.0327. The fourth-order valence-electron chi connectivity index (χ4n) is 1.52. The Labute approximate surface area is 85.5 Å². The van der Waals surface area contributed by atoms with E-state index in [-0.39, 0.29) is 11.1 Å². The molecule has 15 heavy (non-hydrogen) atoms. The molecule has 1 saturated carbocycles. The van der Waals surface area contributed by atoms with Crippen molar-refractivity contribution < 1.29 is 18.7 Å². The quantitative estimate of drug-likeness (QED) is 0.836. The van der Waals surface area contributed by atoms with Gasteiger partial charge >= 0.3 is 5.97 Å². The SMILES string of the molecule is O=C(O)c1ccc(C(F)(F)C2CC2)cc1. The number of halogens is 2. The zero-order valence-electron chi connectivity index (χ0n) is 7.91. The largest absolute Gasteiger partial charge is 0.478 e. The molecule has 2 rings (SSSR count). The first kappa shape index (κ1) is 10.1. The van der Waals surface area contributed by atoms with E-state index in [0.717, 1.165) is 0 Å². The molecule has 0 aliphatic heterocycles. The van der Waals surface area contributed by atoms with Gasteiger partial charge in [-0.05, 0) is 25.0 Å². The Morgan fingerprint density at radius 3 is 2.20 bits per heavy atom. The Balaban J connectivity index is 2.26. The molecule has 1 aliphatic rings. The standard InChI is InChI=1S/C11H10F2O2/c12-11(13,9-5-6-9)8-3-1-7(2-4-8)10(14)15/h1-4,9H,5-6H2,(H,14,15). The Hall–Kier alpha value is -1.45. The molecule has 1 aromatic carbocycles. The molecular formula is C11H10F2O2. The van der Waals surface area contributed by atoms with Gasteiger partial charge in [0.15, 0.2) is 0 Å². The van der Waals surface area contributed by atoms with Gasteiger partial charge in [-0.1, -0.05) is 12.1 Å². The maximum atomic E-state index is 13.5. The van der Waals surface area contributed by atoms with Gasteiger partial charge in [-0.25, -0.2) is 13.6 Å². The zero-order chi connectivity index (χ0) is 11.1. The van der Waals surface area contributed by atoms with E-state index in [1.54, 1.807) is 0 Å². The number of hydrogen-bond acceptors (Lipinski definition) is 1. The molecular weight excluding hydrogens is 202 g/mol. The van der Waals surface area contributed by atoms with E-state index in [4.69, 9.17) is 5.11 Å². The summed E-state index contributed by atoms with van der Waals surface area (Å²) in [5.74, 6) is -4.47. The normalized spacial score (nSPS) is 16.4. The molecule has 0 saturated heterocycles. The van der Waals surface area contributed by atoms with E-state index < -0.39 is 17.8 Å². The average Bonchev–Trinajstić information content (AvgIpc) is 3.01. The van der Waals surface area contributed by atoms with E-state index in [0.29, 0.717) is 12.8 Å². The van der Waals surface area contributed by atoms with E-state index in [2.05, 4.69) is 0 Å². The predicted molar refractivity (Wildman–Crippen MR) is 50.0 cm³/mol. The molecule has 0 bridgehead atoms. The number of carboxylic acid groups (broad SMARTS) is 1. The summed E-state index contributed by atoms with van der Waals surface area (Å²) in [6.07, 6.45) is 1.10. The first-order valence-corrected chi connectivity index (χ1v) is 4.73. The fraction of sp³-hybridized carbons (Fsp3) is 0.364. The number of rotatable bonds is 3. The Bertz CT molecular complexity index is 380. The lowest BCUT2D eigenvalue weighted by Crippen LogP contribution is -2.16. The van der Waals surface area contributed by atoms with Crippen LogP contribution in [0.5, 0.6) is 0 Å². The van der Waals surface area contributed by atoms with Crippen molar-refractivity contribution in [1.29, 1.82) is 0 Å². The van der Waals surface area contributed by atoms with E-state index in [9.17, 15) is 13.6 Å². The molecule has 0 heterocycles. The monoisotopic (exact) mass is 212 g/mol. The van der Waals surface area contributed by atoms with Crippen molar-refractivity contribution in [3.63, 3.8) is 0 Å². The van der Waals surface area contributed by atoms with Crippen LogP contribution in [0.3, 0.4) is 0 Å². The van der Waals surface area contributed by atoms with Crippen LogP contribution >= 0.6 is 0 Å². The number of carboxylic acids is 1. The van der Waals surface area contributed by atoms with Gasteiger partial charge in [0.1, 0.15) is 0 Å². The minimum Gasteiger partial charge on any atom is -0.478 e. The minimum atomic E-state index is -2.81. The van der Waals surface area contributed by atoms with E-state index in [1.165, 1.54) is 24.3 Å². The molecule has 1 aliphatic carbocycles. The molecule has 0 amide bonds. The molecule has 80 valence electrons. The maximum Gasteiger partial charge on any atom is 0.335 e. The molecule has 1 aromatic rings. The van der Waals surface area contributed by atoms with Gasteiger partial charge < -0.3 is 5.11 Å². The summed E-state index contributed by atoms with van der Waals surface area (Å²) in [6.45, 7) is 0. The van der Waals surface area contributed by atoms with Crippen LogP contribution in [0.4, 0.5) is 8.78 Å². The van der Waals surface area contributed by atoms with Gasteiger partial charge in [-0.15, -0.1) is 0 Å². The summed E-state index contributed by atoms with van der Waals surface area (Å²) in [5, 5.41) is 8.61. The third-order valence-electron chi connectivity index (χ3n) is 2.61. The van der Waals surface area contributed by atoms with Gasteiger partial charge in [-0.3, -0.25) is 0 Å². The van der Waals surface area contributed by atoms with Gasteiger partial charge in [0.2, 0.25) is 0 Å². The van der Waals surface area contributed by atoms with Crippen LogP contribution in [0.2, 0.25) is 0 Å². The Morgan fingerprint density at radius 2 is 1.80 bits per heavy atom. The number of alkyl halides is 2. The third kappa shape index (κ3) is 1.84. The molecule has 1 N–H and O–H groups in total. The van der Waals surface area contributed by atoms with Crippen LogP contribution < -0.4 is 0 Å². The lowest BCUT2D eigenvalue weighted by Gasteiger charge is -2.15. The second-order valence-corrected chi connectivity index (χ2v) is 3.78. The number of carbonyl (C=O) groups is 1. The Morgan fingerprint density at radius 1 is 1.27 bits per heavy atom. The van der Waals surface area contributed by atoms with E-state index in [1.807, 2.05) is 0 Å². The van der Waals surface area contributed by atoms with Crippen molar-refractivity contribution in [2.45, 2.75) is 18.8 Å². The highest BCUT2D eigenvalue weighted by atomic mass is 19.3. The van der Waals surface area contributed by atoms with Gasteiger partial charge in [0.25, 0.3) is 5.92 Å². The van der Waals surface area contributed by atoms with E-state index >= 15 is 0 Å². The first-order chi connectivity index (χ1) is 7.01. The highest BCUT2D eigenvalue weighted by molar-refractivity contribution is 5.87. The second-order valence-electron chi connectivity index (χ2n) is 3.78. The summed E-state index contributed by atoms with van der Waals surface area (Å²) in [6, 6.07) is 4.82. The number of aromatic carboxylic acids is 1. The fourth-order valence-corrected chi connectivity index (χ4v) is 1.52. The highest BCUT2D eigenvalue weighted by Gasteiger charge is 2.47. The van der Waals surface area contributed by atoms with Crippen molar-refractivity contribution in [1.82, 2.24) is 0 Å². The summed E-state index contributed by atoms with van der Waals surface area (Å²) < 4.78 is 27.1. The van der Waals surface area contributed by atoms with Gasteiger partial charge in [0.05, 0.1) is 5.56 Å². The molecule has 0 aromatic heterocycles. The van der Waals surface area contributed by atoms with Crippen molar-refractivity contribution in [2.75, 3.05) is 0 Å². The van der Waals surface area contributed by atoms with Crippen LogP contribution in [0.15, 0.2) is 24.3 Å². The molecule has 0 spiro atoms. The first-order valence-electron chi connectivity index (χ1n) is 4.73. The lowest BCUT2D eigenvalue weighted by atomic mass is 10.0. The lowest BCUT2D eigenvalue weighted by molar-refractivity contribution is -0.0285. The number of hydrogen-bond donors (Lipinski definition) is 1. The highest BCUT2D eigenvalue weighted by Crippen LogP contribution is 2.49. The maximum absolute atomic E-state index is 13.5. The average molecular weight is 212 g/mol. The summed E-state index contributed by atoms with van der Waals surface area (Å²) in [5.41, 5.74) is -0.0552. The molecule has 0 unspecified atom stereocenters. The summed E-state index contributed by atoms with van der Waals surface area (Å²) >= 11 is 0.